The Morgan fingerprint density at radius 3 is 2.34 bits per heavy atom. The van der Waals surface area contributed by atoms with Gasteiger partial charge in [-0.15, -0.1) is 0 Å². The van der Waals surface area contributed by atoms with Gasteiger partial charge in [0.15, 0.2) is 0 Å². The Morgan fingerprint density at radius 1 is 1.03 bits per heavy atom. The van der Waals surface area contributed by atoms with Gasteiger partial charge >= 0.3 is 0 Å². The number of benzene rings is 1. The van der Waals surface area contributed by atoms with E-state index in [4.69, 9.17) is 4.74 Å². The first kappa shape index (κ1) is 22.2. The van der Waals surface area contributed by atoms with Crippen molar-refractivity contribution in [2.24, 2.45) is 0 Å². The molecule has 32 heavy (non-hydrogen) atoms. The minimum atomic E-state index is 0.0428. The molecule has 0 atom stereocenters. The van der Waals surface area contributed by atoms with Gasteiger partial charge in [-0.25, -0.2) is 9.97 Å². The van der Waals surface area contributed by atoms with Crippen LogP contribution in [0.5, 0.6) is 5.75 Å². The lowest BCUT2D eigenvalue weighted by Gasteiger charge is -2.31. The molecule has 2 saturated heterocycles. The van der Waals surface area contributed by atoms with Crippen LogP contribution in [0.15, 0.2) is 30.5 Å². The van der Waals surface area contributed by atoms with Crippen LogP contribution in [0.1, 0.15) is 66.0 Å². The molecule has 4 rings (SSSR count). The molecule has 7 nitrogen and oxygen atoms in total. The maximum absolute atomic E-state index is 12.7. The van der Waals surface area contributed by atoms with Crippen LogP contribution >= 0.6 is 0 Å². The average molecular weight is 437 g/mol. The number of carbonyl (C=O) groups excluding carboxylic acids is 2. The summed E-state index contributed by atoms with van der Waals surface area (Å²) in [5, 5.41) is 0. The van der Waals surface area contributed by atoms with Crippen LogP contribution in [-0.2, 0) is 11.2 Å². The fourth-order valence-corrected chi connectivity index (χ4v) is 4.53. The lowest BCUT2D eigenvalue weighted by molar-refractivity contribution is -0.131. The zero-order valence-corrected chi connectivity index (χ0v) is 19.0. The Balaban J connectivity index is 1.31. The van der Waals surface area contributed by atoms with Crippen molar-refractivity contribution in [1.82, 2.24) is 19.8 Å². The molecule has 0 bridgehead atoms. The maximum atomic E-state index is 12.7. The van der Waals surface area contributed by atoms with Gasteiger partial charge in [-0.3, -0.25) is 9.59 Å². The SMILES string of the molecule is CCOc1ccc(CC(=O)N2CCC(c3ncc(C(=O)N4CCCC4)c(C)n3)CC2)cc1. The van der Waals surface area contributed by atoms with Gasteiger partial charge in [0.2, 0.25) is 5.91 Å². The van der Waals surface area contributed by atoms with Crippen molar-refractivity contribution >= 4 is 11.8 Å². The number of carbonyl (C=O) groups is 2. The van der Waals surface area contributed by atoms with Crippen molar-refractivity contribution < 1.29 is 14.3 Å². The smallest absolute Gasteiger partial charge is 0.257 e. The summed E-state index contributed by atoms with van der Waals surface area (Å²) < 4.78 is 5.46. The zero-order valence-electron chi connectivity index (χ0n) is 19.0. The van der Waals surface area contributed by atoms with Crippen LogP contribution in [0.3, 0.4) is 0 Å². The quantitative estimate of drug-likeness (QED) is 0.694. The Morgan fingerprint density at radius 2 is 1.72 bits per heavy atom. The summed E-state index contributed by atoms with van der Waals surface area (Å²) in [4.78, 5) is 38.5. The highest BCUT2D eigenvalue weighted by atomic mass is 16.5. The summed E-state index contributed by atoms with van der Waals surface area (Å²) in [6.45, 7) is 7.54. The topological polar surface area (TPSA) is 75.6 Å². The van der Waals surface area contributed by atoms with E-state index in [9.17, 15) is 9.59 Å². The highest BCUT2D eigenvalue weighted by molar-refractivity contribution is 5.95. The third-order valence-electron chi connectivity index (χ3n) is 6.42. The number of amides is 2. The van der Waals surface area contributed by atoms with Gasteiger partial charge in [0.05, 0.1) is 24.3 Å². The number of nitrogens with zero attached hydrogens (tertiary/aromatic N) is 4. The summed E-state index contributed by atoms with van der Waals surface area (Å²) in [6.07, 6.45) is 5.92. The van der Waals surface area contributed by atoms with E-state index in [1.165, 1.54) is 0 Å². The average Bonchev–Trinajstić information content (AvgIpc) is 3.35. The summed E-state index contributed by atoms with van der Waals surface area (Å²) in [6, 6.07) is 7.74. The van der Waals surface area contributed by atoms with E-state index in [0.29, 0.717) is 31.7 Å². The lowest BCUT2D eigenvalue weighted by Crippen LogP contribution is -2.39. The molecule has 0 saturated carbocycles. The molecule has 3 heterocycles. The highest BCUT2D eigenvalue weighted by Gasteiger charge is 2.27. The molecule has 0 unspecified atom stereocenters. The van der Waals surface area contributed by atoms with Crippen molar-refractivity contribution in [3.63, 3.8) is 0 Å². The summed E-state index contributed by atoms with van der Waals surface area (Å²) in [5.74, 6) is 2.03. The van der Waals surface area contributed by atoms with Gasteiger partial charge in [0.25, 0.3) is 5.91 Å². The van der Waals surface area contributed by atoms with Crippen molar-refractivity contribution in [2.45, 2.75) is 51.9 Å². The van der Waals surface area contributed by atoms with E-state index >= 15 is 0 Å². The minimum Gasteiger partial charge on any atom is -0.494 e. The number of piperidine rings is 1. The minimum absolute atomic E-state index is 0.0428. The predicted molar refractivity (Wildman–Crippen MR) is 122 cm³/mol. The molecule has 0 spiro atoms. The molecule has 2 amide bonds. The van der Waals surface area contributed by atoms with Crippen LogP contribution < -0.4 is 4.74 Å². The largest absolute Gasteiger partial charge is 0.494 e. The van der Waals surface area contributed by atoms with Gasteiger partial charge in [-0.05, 0) is 57.2 Å². The first-order valence-electron chi connectivity index (χ1n) is 11.7. The van der Waals surface area contributed by atoms with Crippen molar-refractivity contribution in [3.05, 3.63) is 53.1 Å². The van der Waals surface area contributed by atoms with Gasteiger partial charge in [-0.1, -0.05) is 12.1 Å². The molecule has 170 valence electrons. The molecule has 0 radical (unpaired) electrons. The Bertz CT molecular complexity index is 946. The van der Waals surface area contributed by atoms with Gasteiger partial charge < -0.3 is 14.5 Å². The number of ether oxygens (including phenoxy) is 1. The van der Waals surface area contributed by atoms with Gasteiger partial charge in [0.1, 0.15) is 11.6 Å². The molecular formula is C25H32N4O3. The predicted octanol–water partition coefficient (Wildman–Crippen LogP) is 3.37. The second kappa shape index (κ2) is 10.1. The van der Waals surface area contributed by atoms with Gasteiger partial charge in [0, 0.05) is 38.3 Å². The number of rotatable bonds is 6. The second-order valence-electron chi connectivity index (χ2n) is 8.64. The fraction of sp³-hybridized carbons (Fsp3) is 0.520. The normalized spacial score (nSPS) is 16.9. The fourth-order valence-electron chi connectivity index (χ4n) is 4.53. The molecule has 1 aromatic carbocycles. The van der Waals surface area contributed by atoms with Crippen LogP contribution in [-0.4, -0.2) is 64.4 Å². The van der Waals surface area contributed by atoms with Crippen LogP contribution in [0.2, 0.25) is 0 Å². The Labute approximate surface area is 189 Å². The first-order chi connectivity index (χ1) is 15.5. The number of aromatic nitrogens is 2. The van der Waals surface area contributed by atoms with E-state index in [1.54, 1.807) is 6.20 Å². The highest BCUT2D eigenvalue weighted by Crippen LogP contribution is 2.27. The van der Waals surface area contributed by atoms with Crippen LogP contribution in [0.25, 0.3) is 0 Å². The molecule has 0 N–H and O–H groups in total. The third-order valence-corrected chi connectivity index (χ3v) is 6.42. The van der Waals surface area contributed by atoms with E-state index in [1.807, 2.05) is 47.9 Å². The molecule has 7 heteroatoms. The first-order valence-corrected chi connectivity index (χ1v) is 11.7. The molecular weight excluding hydrogens is 404 g/mol. The second-order valence-corrected chi connectivity index (χ2v) is 8.64. The maximum Gasteiger partial charge on any atom is 0.257 e. The third kappa shape index (κ3) is 5.09. The molecule has 2 aliphatic rings. The molecule has 2 aliphatic heterocycles. The number of hydrogen-bond acceptors (Lipinski definition) is 5. The van der Waals surface area contributed by atoms with Gasteiger partial charge in [-0.2, -0.15) is 0 Å². The molecule has 2 aromatic rings. The zero-order chi connectivity index (χ0) is 22.5. The lowest BCUT2D eigenvalue weighted by atomic mass is 9.95. The Hall–Kier alpha value is -2.96. The van der Waals surface area contributed by atoms with Crippen molar-refractivity contribution in [1.29, 1.82) is 0 Å². The number of aryl methyl sites for hydroxylation is 1. The summed E-state index contributed by atoms with van der Waals surface area (Å²) >= 11 is 0. The summed E-state index contributed by atoms with van der Waals surface area (Å²) in [5.41, 5.74) is 2.36. The van der Waals surface area contributed by atoms with Crippen molar-refractivity contribution in [2.75, 3.05) is 32.8 Å². The van der Waals surface area contributed by atoms with Crippen LogP contribution in [0, 0.1) is 6.92 Å². The summed E-state index contributed by atoms with van der Waals surface area (Å²) in [7, 11) is 0. The van der Waals surface area contributed by atoms with E-state index in [-0.39, 0.29) is 17.7 Å². The van der Waals surface area contributed by atoms with E-state index in [0.717, 1.165) is 61.6 Å². The Kier molecular flexibility index (Phi) is 7.02. The van der Waals surface area contributed by atoms with E-state index in [2.05, 4.69) is 9.97 Å². The number of likely N-dealkylation sites (tertiary alicyclic amines) is 2. The molecule has 0 aliphatic carbocycles. The standard InChI is InChI=1S/C25H32N4O3/c1-3-32-21-8-6-19(7-9-21)16-23(30)28-14-10-20(11-15-28)24-26-17-22(18(2)27-24)25(31)29-12-4-5-13-29/h6-9,17,20H,3-5,10-16H2,1-2H3. The molecule has 1 aromatic heterocycles. The number of hydrogen-bond donors (Lipinski definition) is 0. The van der Waals surface area contributed by atoms with Crippen molar-refractivity contribution in [3.8, 4) is 5.75 Å². The molecule has 2 fully saturated rings. The monoisotopic (exact) mass is 436 g/mol. The van der Waals surface area contributed by atoms with Crippen LogP contribution in [0.4, 0.5) is 0 Å². The van der Waals surface area contributed by atoms with E-state index < -0.39 is 0 Å².